The van der Waals surface area contributed by atoms with Gasteiger partial charge in [0.15, 0.2) is 0 Å². The van der Waals surface area contributed by atoms with Crippen LogP contribution in [-0.2, 0) is 13.1 Å². The van der Waals surface area contributed by atoms with Gasteiger partial charge in [0.05, 0.1) is 7.11 Å². The van der Waals surface area contributed by atoms with E-state index in [0.717, 1.165) is 11.3 Å². The van der Waals surface area contributed by atoms with E-state index < -0.39 is 0 Å². The first kappa shape index (κ1) is 16.7. The number of rotatable bonds is 6. The second kappa shape index (κ2) is 7.58. The Bertz CT molecular complexity index is 721. The first-order valence-electron chi connectivity index (χ1n) is 7.49. The van der Waals surface area contributed by atoms with E-state index in [1.807, 2.05) is 38.1 Å². The molecule has 1 N–H and O–H groups in total. The number of methoxy groups -OCH3 is 1. The molecule has 6 nitrogen and oxygen atoms in total. The van der Waals surface area contributed by atoms with Crippen LogP contribution in [0.3, 0.4) is 0 Å². The van der Waals surface area contributed by atoms with Crippen molar-refractivity contribution in [1.29, 1.82) is 0 Å². The summed E-state index contributed by atoms with van der Waals surface area (Å²) in [5.41, 5.74) is 0.985. The number of hydrogen-bond donors (Lipinski definition) is 1. The molecule has 23 heavy (non-hydrogen) atoms. The minimum absolute atomic E-state index is 0.203. The molecule has 2 aromatic rings. The van der Waals surface area contributed by atoms with Gasteiger partial charge in [-0.1, -0.05) is 26.0 Å². The molecular weight excluding hydrogens is 294 g/mol. The predicted octanol–water partition coefficient (Wildman–Crippen LogP) is 1.84. The molecule has 1 aromatic heterocycles. The molecule has 0 aliphatic carbocycles. The smallest absolute Gasteiger partial charge is 0.271 e. The van der Waals surface area contributed by atoms with E-state index in [1.165, 1.54) is 16.8 Å². The molecule has 2 rings (SSSR count). The van der Waals surface area contributed by atoms with Crippen LogP contribution < -0.4 is 15.6 Å². The zero-order valence-corrected chi connectivity index (χ0v) is 13.6. The van der Waals surface area contributed by atoms with Crippen LogP contribution in [0.4, 0.5) is 0 Å². The van der Waals surface area contributed by atoms with Gasteiger partial charge in [-0.3, -0.25) is 9.59 Å². The molecule has 1 aromatic carbocycles. The number of carbonyl (C=O) groups is 1. The highest BCUT2D eigenvalue weighted by Gasteiger charge is 2.10. The highest BCUT2D eigenvalue weighted by atomic mass is 16.5. The lowest BCUT2D eigenvalue weighted by atomic mass is 10.2. The lowest BCUT2D eigenvalue weighted by Crippen LogP contribution is -2.30. The predicted molar refractivity (Wildman–Crippen MR) is 87.5 cm³/mol. The number of benzene rings is 1. The Morgan fingerprint density at radius 1 is 1.22 bits per heavy atom. The molecule has 0 atom stereocenters. The average Bonchev–Trinajstić information content (AvgIpc) is 2.54. The van der Waals surface area contributed by atoms with Crippen LogP contribution in [0.1, 0.15) is 29.9 Å². The monoisotopic (exact) mass is 315 g/mol. The van der Waals surface area contributed by atoms with Crippen molar-refractivity contribution in [2.75, 3.05) is 7.11 Å². The molecule has 1 amide bonds. The van der Waals surface area contributed by atoms with Gasteiger partial charge in [-0.05, 0) is 29.7 Å². The molecule has 0 radical (unpaired) electrons. The van der Waals surface area contributed by atoms with Gasteiger partial charge in [-0.15, -0.1) is 0 Å². The molecule has 0 bridgehead atoms. The van der Waals surface area contributed by atoms with Crippen molar-refractivity contribution in [2.45, 2.75) is 26.9 Å². The summed E-state index contributed by atoms with van der Waals surface area (Å²) >= 11 is 0. The Hall–Kier alpha value is -2.63. The number of hydrogen-bond acceptors (Lipinski definition) is 4. The minimum atomic E-state index is -0.307. The Morgan fingerprint density at radius 3 is 2.52 bits per heavy atom. The molecule has 122 valence electrons. The fraction of sp³-hybridized carbons (Fsp3) is 0.353. The number of aromatic nitrogens is 2. The summed E-state index contributed by atoms with van der Waals surface area (Å²) in [5.74, 6) is 0.735. The van der Waals surface area contributed by atoms with Gasteiger partial charge in [-0.2, -0.15) is 5.10 Å². The second-order valence-electron chi connectivity index (χ2n) is 5.66. The standard InChI is InChI=1S/C17H21N3O3/c1-12(2)11-20-16(21)9-8-15(19-20)17(22)18-10-13-4-6-14(23-3)7-5-13/h4-9,12H,10-11H2,1-3H3,(H,18,22). The van der Waals surface area contributed by atoms with Gasteiger partial charge in [0.2, 0.25) is 0 Å². The van der Waals surface area contributed by atoms with Crippen LogP contribution in [0.2, 0.25) is 0 Å². The lowest BCUT2D eigenvalue weighted by Gasteiger charge is -2.09. The van der Waals surface area contributed by atoms with E-state index in [-0.39, 0.29) is 23.1 Å². The third-order valence-electron chi connectivity index (χ3n) is 3.25. The van der Waals surface area contributed by atoms with Crippen LogP contribution >= 0.6 is 0 Å². The number of nitrogens with zero attached hydrogens (tertiary/aromatic N) is 2. The van der Waals surface area contributed by atoms with Gasteiger partial charge in [-0.25, -0.2) is 4.68 Å². The van der Waals surface area contributed by atoms with Crippen LogP contribution in [0.5, 0.6) is 5.75 Å². The Labute approximate surface area is 135 Å². The number of ether oxygens (including phenoxy) is 1. The molecule has 6 heteroatoms. The summed E-state index contributed by atoms with van der Waals surface area (Å²) in [6.07, 6.45) is 0. The van der Waals surface area contributed by atoms with E-state index in [0.29, 0.717) is 13.1 Å². The Balaban J connectivity index is 2.03. The molecule has 0 saturated carbocycles. The van der Waals surface area contributed by atoms with Gasteiger partial charge in [0, 0.05) is 19.2 Å². The quantitative estimate of drug-likeness (QED) is 0.883. The summed E-state index contributed by atoms with van der Waals surface area (Å²) in [4.78, 5) is 23.9. The van der Waals surface area contributed by atoms with Gasteiger partial charge < -0.3 is 10.1 Å². The molecule has 0 aliphatic heterocycles. The summed E-state index contributed by atoms with van der Waals surface area (Å²) in [5, 5.41) is 6.92. The first-order chi connectivity index (χ1) is 11.0. The fourth-order valence-electron chi connectivity index (χ4n) is 2.06. The van der Waals surface area contributed by atoms with Crippen molar-refractivity contribution in [3.05, 3.63) is 58.0 Å². The zero-order chi connectivity index (χ0) is 16.8. The second-order valence-corrected chi connectivity index (χ2v) is 5.66. The SMILES string of the molecule is COc1ccc(CNC(=O)c2ccc(=O)n(CC(C)C)n2)cc1. The highest BCUT2D eigenvalue weighted by Crippen LogP contribution is 2.11. The molecule has 0 unspecified atom stereocenters. The Kier molecular flexibility index (Phi) is 5.51. The third-order valence-corrected chi connectivity index (χ3v) is 3.25. The van der Waals surface area contributed by atoms with Crippen molar-refractivity contribution >= 4 is 5.91 Å². The zero-order valence-electron chi connectivity index (χ0n) is 13.6. The topological polar surface area (TPSA) is 73.2 Å². The van der Waals surface area contributed by atoms with E-state index in [4.69, 9.17) is 4.74 Å². The van der Waals surface area contributed by atoms with Crippen molar-refractivity contribution in [1.82, 2.24) is 15.1 Å². The Morgan fingerprint density at radius 2 is 1.91 bits per heavy atom. The molecular formula is C17H21N3O3. The molecule has 0 aliphatic rings. The van der Waals surface area contributed by atoms with Crippen molar-refractivity contribution in [2.24, 2.45) is 5.92 Å². The maximum absolute atomic E-state index is 12.2. The van der Waals surface area contributed by atoms with Gasteiger partial charge in [0.25, 0.3) is 11.5 Å². The van der Waals surface area contributed by atoms with E-state index >= 15 is 0 Å². The van der Waals surface area contributed by atoms with Crippen LogP contribution in [-0.4, -0.2) is 22.8 Å². The maximum atomic E-state index is 12.2. The van der Waals surface area contributed by atoms with E-state index in [1.54, 1.807) is 7.11 Å². The van der Waals surface area contributed by atoms with Crippen LogP contribution in [0.25, 0.3) is 0 Å². The lowest BCUT2D eigenvalue weighted by molar-refractivity contribution is 0.0943. The average molecular weight is 315 g/mol. The summed E-state index contributed by atoms with van der Waals surface area (Å²) < 4.78 is 6.42. The summed E-state index contributed by atoms with van der Waals surface area (Å²) in [6.45, 7) is 4.85. The van der Waals surface area contributed by atoms with E-state index in [9.17, 15) is 9.59 Å². The number of carbonyl (C=O) groups excluding carboxylic acids is 1. The van der Waals surface area contributed by atoms with Gasteiger partial charge in [0.1, 0.15) is 11.4 Å². The van der Waals surface area contributed by atoms with E-state index in [2.05, 4.69) is 10.4 Å². The molecule has 0 saturated heterocycles. The summed E-state index contributed by atoms with van der Waals surface area (Å²) in [6, 6.07) is 10.3. The fourth-order valence-corrected chi connectivity index (χ4v) is 2.06. The van der Waals surface area contributed by atoms with Crippen molar-refractivity contribution < 1.29 is 9.53 Å². The van der Waals surface area contributed by atoms with Crippen LogP contribution in [0, 0.1) is 5.92 Å². The number of nitrogens with one attached hydrogen (secondary N) is 1. The molecule has 1 heterocycles. The largest absolute Gasteiger partial charge is 0.497 e. The number of amides is 1. The maximum Gasteiger partial charge on any atom is 0.271 e. The minimum Gasteiger partial charge on any atom is -0.497 e. The summed E-state index contributed by atoms with van der Waals surface area (Å²) in [7, 11) is 1.61. The molecule has 0 spiro atoms. The van der Waals surface area contributed by atoms with Crippen molar-refractivity contribution in [3.63, 3.8) is 0 Å². The van der Waals surface area contributed by atoms with Crippen molar-refractivity contribution in [3.8, 4) is 5.75 Å². The first-order valence-corrected chi connectivity index (χ1v) is 7.49. The van der Waals surface area contributed by atoms with Crippen LogP contribution in [0.15, 0.2) is 41.2 Å². The third kappa shape index (κ3) is 4.67. The molecule has 0 fully saturated rings. The highest BCUT2D eigenvalue weighted by molar-refractivity contribution is 5.91. The van der Waals surface area contributed by atoms with Gasteiger partial charge >= 0.3 is 0 Å². The normalized spacial score (nSPS) is 10.6.